The number of hydrogen-bond donors (Lipinski definition) is 3. The molecule has 0 amide bonds. The normalized spacial score (nSPS) is 16.8. The van der Waals surface area contributed by atoms with Gasteiger partial charge < -0.3 is 10.1 Å². The molecular formula is C17H20N6O2. The van der Waals surface area contributed by atoms with Gasteiger partial charge in [-0.25, -0.2) is 0 Å². The highest BCUT2D eigenvalue weighted by atomic mass is 16.5. The molecule has 130 valence electrons. The molecule has 3 heterocycles. The number of rotatable bonds is 5. The van der Waals surface area contributed by atoms with Crippen LogP contribution in [-0.2, 0) is 4.74 Å². The molecule has 0 radical (unpaired) electrons. The zero-order chi connectivity index (χ0) is 17.1. The van der Waals surface area contributed by atoms with Crippen LogP contribution in [0.25, 0.3) is 11.0 Å². The second-order valence-corrected chi connectivity index (χ2v) is 6.00. The molecule has 1 saturated heterocycles. The second kappa shape index (κ2) is 7.04. The van der Waals surface area contributed by atoms with E-state index < -0.39 is 0 Å². The van der Waals surface area contributed by atoms with Gasteiger partial charge in [-0.15, -0.1) is 0 Å². The lowest BCUT2D eigenvalue weighted by Gasteiger charge is -2.35. The Kier molecular flexibility index (Phi) is 4.45. The van der Waals surface area contributed by atoms with Gasteiger partial charge >= 0.3 is 0 Å². The van der Waals surface area contributed by atoms with E-state index in [4.69, 9.17) is 4.74 Å². The largest absolute Gasteiger partial charge is 0.379 e. The Morgan fingerprint density at radius 2 is 2.04 bits per heavy atom. The van der Waals surface area contributed by atoms with E-state index in [1.54, 1.807) is 0 Å². The summed E-state index contributed by atoms with van der Waals surface area (Å²) >= 11 is 0. The molecule has 1 aromatic carbocycles. The van der Waals surface area contributed by atoms with E-state index in [1.165, 1.54) is 11.8 Å². The number of nitrogens with one attached hydrogen (secondary N) is 3. The van der Waals surface area contributed by atoms with E-state index in [1.807, 2.05) is 18.2 Å². The molecule has 25 heavy (non-hydrogen) atoms. The van der Waals surface area contributed by atoms with Crippen molar-refractivity contribution in [3.63, 3.8) is 0 Å². The SMILES string of the molecule is O=c1[nH]c(NC[C@H](c2ccccc2)N2CCOCC2)nc2[nH]ncc12. The fraction of sp³-hybridized carbons (Fsp3) is 0.353. The summed E-state index contributed by atoms with van der Waals surface area (Å²) in [5.74, 6) is 0.441. The minimum absolute atomic E-state index is 0.174. The number of morpholine rings is 1. The van der Waals surface area contributed by atoms with E-state index in [-0.39, 0.29) is 11.6 Å². The van der Waals surface area contributed by atoms with Crippen LogP contribution in [0.3, 0.4) is 0 Å². The highest BCUT2D eigenvalue weighted by molar-refractivity contribution is 5.73. The lowest BCUT2D eigenvalue weighted by molar-refractivity contribution is 0.0187. The van der Waals surface area contributed by atoms with Crippen LogP contribution in [0.4, 0.5) is 5.95 Å². The van der Waals surface area contributed by atoms with Crippen molar-refractivity contribution in [3.05, 3.63) is 52.4 Å². The number of fused-ring (bicyclic) bond motifs is 1. The summed E-state index contributed by atoms with van der Waals surface area (Å²) in [6.45, 7) is 3.86. The van der Waals surface area contributed by atoms with Crippen molar-refractivity contribution < 1.29 is 4.74 Å². The molecule has 1 aliphatic heterocycles. The molecule has 4 rings (SSSR count). The first-order valence-electron chi connectivity index (χ1n) is 8.35. The number of anilines is 1. The van der Waals surface area contributed by atoms with Gasteiger partial charge in [0.05, 0.1) is 25.5 Å². The Hall–Kier alpha value is -2.71. The minimum atomic E-state index is -0.205. The first-order chi connectivity index (χ1) is 12.3. The molecule has 0 bridgehead atoms. The van der Waals surface area contributed by atoms with Crippen LogP contribution in [0.1, 0.15) is 11.6 Å². The third-order valence-electron chi connectivity index (χ3n) is 4.45. The van der Waals surface area contributed by atoms with E-state index in [2.05, 4.69) is 42.5 Å². The molecule has 3 aromatic rings. The molecule has 1 fully saturated rings. The van der Waals surface area contributed by atoms with Crippen LogP contribution in [0.5, 0.6) is 0 Å². The van der Waals surface area contributed by atoms with Crippen LogP contribution in [0, 0.1) is 0 Å². The van der Waals surface area contributed by atoms with E-state index in [0.29, 0.717) is 23.5 Å². The van der Waals surface area contributed by atoms with Gasteiger partial charge in [0, 0.05) is 19.6 Å². The Morgan fingerprint density at radius 3 is 2.84 bits per heavy atom. The van der Waals surface area contributed by atoms with Crippen LogP contribution in [-0.4, -0.2) is 57.9 Å². The Labute approximate surface area is 144 Å². The van der Waals surface area contributed by atoms with Gasteiger partial charge in [-0.05, 0) is 5.56 Å². The number of aromatic amines is 2. The molecule has 2 aromatic heterocycles. The summed E-state index contributed by atoms with van der Waals surface area (Å²) in [5, 5.41) is 10.3. The van der Waals surface area contributed by atoms with Crippen molar-refractivity contribution in [2.75, 3.05) is 38.2 Å². The second-order valence-electron chi connectivity index (χ2n) is 6.00. The van der Waals surface area contributed by atoms with Gasteiger partial charge in [0.25, 0.3) is 5.56 Å². The van der Waals surface area contributed by atoms with Gasteiger partial charge in [0.15, 0.2) is 5.65 Å². The Bertz CT molecular complexity index is 885. The maximum absolute atomic E-state index is 12.1. The van der Waals surface area contributed by atoms with Gasteiger partial charge in [0.1, 0.15) is 5.39 Å². The molecule has 0 saturated carbocycles. The van der Waals surface area contributed by atoms with E-state index in [9.17, 15) is 4.79 Å². The standard InChI is InChI=1S/C17H20N6O2/c24-16-13-10-19-22-15(13)20-17(21-16)18-11-14(12-4-2-1-3-5-12)23-6-8-25-9-7-23/h1-5,10,14H,6-9,11H2,(H3,18,19,20,21,22,24)/t14-/m1/s1. The molecule has 8 heteroatoms. The molecule has 0 spiro atoms. The fourth-order valence-corrected chi connectivity index (χ4v) is 3.14. The summed E-state index contributed by atoms with van der Waals surface area (Å²) in [4.78, 5) is 21.6. The van der Waals surface area contributed by atoms with Crippen LogP contribution >= 0.6 is 0 Å². The average molecular weight is 340 g/mol. The molecule has 3 N–H and O–H groups in total. The molecule has 8 nitrogen and oxygen atoms in total. The predicted molar refractivity (Wildman–Crippen MR) is 94.6 cm³/mol. The maximum Gasteiger partial charge on any atom is 0.263 e. The van der Waals surface area contributed by atoms with Crippen molar-refractivity contribution in [2.45, 2.75) is 6.04 Å². The number of ether oxygens (including phenoxy) is 1. The van der Waals surface area contributed by atoms with Crippen molar-refractivity contribution in [1.29, 1.82) is 0 Å². The van der Waals surface area contributed by atoms with Crippen LogP contribution in [0.2, 0.25) is 0 Å². The van der Waals surface area contributed by atoms with Gasteiger partial charge in [0.2, 0.25) is 5.95 Å². The number of H-pyrrole nitrogens is 2. The molecule has 0 aliphatic carbocycles. The zero-order valence-corrected chi connectivity index (χ0v) is 13.7. The van der Waals surface area contributed by atoms with E-state index >= 15 is 0 Å². The van der Waals surface area contributed by atoms with Crippen molar-refractivity contribution in [2.24, 2.45) is 0 Å². The lowest BCUT2D eigenvalue weighted by atomic mass is 10.0. The number of aromatic nitrogens is 4. The van der Waals surface area contributed by atoms with Crippen LogP contribution in [0.15, 0.2) is 41.3 Å². The first kappa shape index (κ1) is 15.8. The quantitative estimate of drug-likeness (QED) is 0.644. The molecule has 0 unspecified atom stereocenters. The smallest absolute Gasteiger partial charge is 0.263 e. The summed E-state index contributed by atoms with van der Waals surface area (Å²) in [6.07, 6.45) is 1.48. The molecular weight excluding hydrogens is 320 g/mol. The number of benzene rings is 1. The average Bonchev–Trinajstić information content (AvgIpc) is 3.13. The third kappa shape index (κ3) is 3.40. The fourth-order valence-electron chi connectivity index (χ4n) is 3.14. The van der Waals surface area contributed by atoms with Crippen molar-refractivity contribution in [1.82, 2.24) is 25.1 Å². The van der Waals surface area contributed by atoms with E-state index in [0.717, 1.165) is 26.3 Å². The topological polar surface area (TPSA) is 98.9 Å². The summed E-state index contributed by atoms with van der Waals surface area (Å²) in [6, 6.07) is 10.5. The summed E-state index contributed by atoms with van der Waals surface area (Å²) in [7, 11) is 0. The van der Waals surface area contributed by atoms with Crippen LogP contribution < -0.4 is 10.9 Å². The molecule has 1 aliphatic rings. The lowest BCUT2D eigenvalue weighted by Crippen LogP contribution is -2.41. The van der Waals surface area contributed by atoms with Gasteiger partial charge in [-0.2, -0.15) is 10.1 Å². The van der Waals surface area contributed by atoms with Gasteiger partial charge in [-0.1, -0.05) is 30.3 Å². The highest BCUT2D eigenvalue weighted by Gasteiger charge is 2.22. The predicted octanol–water partition coefficient (Wildman–Crippen LogP) is 1.13. The maximum atomic E-state index is 12.1. The van der Waals surface area contributed by atoms with Gasteiger partial charge in [-0.3, -0.25) is 19.8 Å². The van der Waals surface area contributed by atoms with Crippen molar-refractivity contribution in [3.8, 4) is 0 Å². The first-order valence-corrected chi connectivity index (χ1v) is 8.35. The highest BCUT2D eigenvalue weighted by Crippen LogP contribution is 2.22. The minimum Gasteiger partial charge on any atom is -0.379 e. The summed E-state index contributed by atoms with van der Waals surface area (Å²) in [5.41, 5.74) is 1.50. The van der Waals surface area contributed by atoms with Crippen molar-refractivity contribution >= 4 is 17.0 Å². The monoisotopic (exact) mass is 340 g/mol. The zero-order valence-electron chi connectivity index (χ0n) is 13.7. The Balaban J connectivity index is 1.56. The Morgan fingerprint density at radius 1 is 1.24 bits per heavy atom. The molecule has 1 atom stereocenters. The third-order valence-corrected chi connectivity index (χ3v) is 4.45. The summed E-state index contributed by atoms with van der Waals surface area (Å²) < 4.78 is 5.47. The number of hydrogen-bond acceptors (Lipinski definition) is 6. The number of nitrogens with zero attached hydrogens (tertiary/aromatic N) is 3.